The maximum Gasteiger partial charge on any atom is 0.107 e. The van der Waals surface area contributed by atoms with E-state index in [2.05, 4.69) is 23.5 Å². The molecule has 0 radical (unpaired) electrons. The van der Waals surface area contributed by atoms with Gasteiger partial charge in [0.2, 0.25) is 0 Å². The maximum atomic E-state index is 14.4. The SMILES string of the molecule is FC(CC1OCCc2ccccc21)C1CCCNC1. The normalized spacial score (nSPS) is 28.7. The molecule has 2 heterocycles. The van der Waals surface area contributed by atoms with Gasteiger partial charge in [-0.15, -0.1) is 0 Å². The van der Waals surface area contributed by atoms with Crippen LogP contribution in [0.4, 0.5) is 4.39 Å². The molecular formula is C16H22FNO. The van der Waals surface area contributed by atoms with Crippen LogP contribution in [0.1, 0.15) is 36.5 Å². The van der Waals surface area contributed by atoms with Gasteiger partial charge in [0.1, 0.15) is 6.17 Å². The number of piperidine rings is 1. The van der Waals surface area contributed by atoms with Gasteiger partial charge in [-0.05, 0) is 36.9 Å². The molecule has 0 amide bonds. The van der Waals surface area contributed by atoms with E-state index in [1.807, 2.05) is 6.07 Å². The van der Waals surface area contributed by atoms with Gasteiger partial charge in [0, 0.05) is 18.9 Å². The van der Waals surface area contributed by atoms with Crippen LogP contribution < -0.4 is 5.32 Å². The number of halogens is 1. The Bertz CT molecular complexity index is 417. The number of hydrogen-bond acceptors (Lipinski definition) is 2. The lowest BCUT2D eigenvalue weighted by Gasteiger charge is -2.31. The van der Waals surface area contributed by atoms with E-state index in [9.17, 15) is 4.39 Å². The molecule has 2 nitrogen and oxygen atoms in total. The molecule has 0 aliphatic carbocycles. The molecule has 0 saturated carbocycles. The Morgan fingerprint density at radius 1 is 1.37 bits per heavy atom. The van der Waals surface area contributed by atoms with Crippen LogP contribution in [0.15, 0.2) is 24.3 Å². The van der Waals surface area contributed by atoms with E-state index < -0.39 is 6.17 Å². The highest BCUT2D eigenvalue weighted by atomic mass is 19.1. The monoisotopic (exact) mass is 263 g/mol. The predicted molar refractivity (Wildman–Crippen MR) is 73.9 cm³/mol. The minimum absolute atomic E-state index is 0.0538. The zero-order valence-corrected chi connectivity index (χ0v) is 11.3. The van der Waals surface area contributed by atoms with Crippen molar-refractivity contribution in [3.05, 3.63) is 35.4 Å². The Kier molecular flexibility index (Phi) is 4.14. The quantitative estimate of drug-likeness (QED) is 0.905. The maximum absolute atomic E-state index is 14.4. The molecule has 3 rings (SSSR count). The molecule has 3 atom stereocenters. The first-order valence-electron chi connectivity index (χ1n) is 7.39. The van der Waals surface area contributed by atoms with Crippen molar-refractivity contribution in [3.8, 4) is 0 Å². The number of alkyl halides is 1. The minimum atomic E-state index is -0.760. The standard InChI is InChI=1S/C16H22FNO/c17-15(13-5-3-8-18-11-13)10-16-14-6-2-1-4-12(14)7-9-19-16/h1-2,4,6,13,15-16,18H,3,5,7-11H2. The smallest absolute Gasteiger partial charge is 0.107 e. The van der Waals surface area contributed by atoms with Crippen LogP contribution in [0.5, 0.6) is 0 Å². The van der Waals surface area contributed by atoms with Gasteiger partial charge < -0.3 is 10.1 Å². The van der Waals surface area contributed by atoms with Gasteiger partial charge in [-0.1, -0.05) is 24.3 Å². The van der Waals surface area contributed by atoms with E-state index in [0.29, 0.717) is 6.42 Å². The van der Waals surface area contributed by atoms with Crippen LogP contribution >= 0.6 is 0 Å². The summed E-state index contributed by atoms with van der Waals surface area (Å²) in [5.41, 5.74) is 2.52. The Morgan fingerprint density at radius 2 is 2.26 bits per heavy atom. The molecule has 1 aromatic rings. The highest BCUT2D eigenvalue weighted by molar-refractivity contribution is 5.30. The van der Waals surface area contributed by atoms with Gasteiger partial charge in [-0.2, -0.15) is 0 Å². The molecule has 104 valence electrons. The van der Waals surface area contributed by atoms with Crippen LogP contribution in [-0.2, 0) is 11.2 Å². The van der Waals surface area contributed by atoms with Crippen LogP contribution in [0, 0.1) is 5.92 Å². The van der Waals surface area contributed by atoms with E-state index >= 15 is 0 Å². The lowest BCUT2D eigenvalue weighted by atomic mass is 9.88. The van der Waals surface area contributed by atoms with Crippen molar-refractivity contribution < 1.29 is 9.13 Å². The van der Waals surface area contributed by atoms with E-state index in [-0.39, 0.29) is 12.0 Å². The number of rotatable bonds is 3. The van der Waals surface area contributed by atoms with Crippen molar-refractivity contribution in [2.45, 2.75) is 38.0 Å². The van der Waals surface area contributed by atoms with E-state index in [1.165, 1.54) is 11.1 Å². The number of nitrogens with one attached hydrogen (secondary N) is 1. The summed E-state index contributed by atoms with van der Waals surface area (Å²) in [6.07, 6.45) is 2.74. The van der Waals surface area contributed by atoms with Gasteiger partial charge in [0.05, 0.1) is 12.7 Å². The summed E-state index contributed by atoms with van der Waals surface area (Å²) < 4.78 is 20.3. The molecule has 19 heavy (non-hydrogen) atoms. The van der Waals surface area contributed by atoms with Gasteiger partial charge in [0.15, 0.2) is 0 Å². The van der Waals surface area contributed by atoms with Gasteiger partial charge >= 0.3 is 0 Å². The van der Waals surface area contributed by atoms with Crippen molar-refractivity contribution in [3.63, 3.8) is 0 Å². The third-order valence-electron chi connectivity index (χ3n) is 4.38. The minimum Gasteiger partial charge on any atom is -0.373 e. The third-order valence-corrected chi connectivity index (χ3v) is 4.38. The van der Waals surface area contributed by atoms with Gasteiger partial charge in [0.25, 0.3) is 0 Å². The van der Waals surface area contributed by atoms with Gasteiger partial charge in [-0.25, -0.2) is 4.39 Å². The fourth-order valence-corrected chi connectivity index (χ4v) is 3.26. The second-order valence-electron chi connectivity index (χ2n) is 5.67. The number of hydrogen-bond donors (Lipinski definition) is 1. The first-order valence-corrected chi connectivity index (χ1v) is 7.39. The Hall–Kier alpha value is -0.930. The molecular weight excluding hydrogens is 241 g/mol. The summed E-state index contributed by atoms with van der Waals surface area (Å²) in [5.74, 6) is 0.159. The Morgan fingerprint density at radius 3 is 3.11 bits per heavy atom. The number of benzene rings is 1. The molecule has 0 aromatic heterocycles. The first-order chi connectivity index (χ1) is 9.34. The molecule has 2 aliphatic rings. The summed E-state index contributed by atoms with van der Waals surface area (Å²) >= 11 is 0. The summed E-state index contributed by atoms with van der Waals surface area (Å²) in [6, 6.07) is 8.31. The van der Waals surface area contributed by atoms with Crippen molar-refractivity contribution >= 4 is 0 Å². The van der Waals surface area contributed by atoms with E-state index in [0.717, 1.165) is 39.0 Å². The largest absolute Gasteiger partial charge is 0.373 e. The average Bonchev–Trinajstić information content (AvgIpc) is 2.48. The molecule has 1 fully saturated rings. The third kappa shape index (κ3) is 2.98. The lowest BCUT2D eigenvalue weighted by Crippen LogP contribution is -2.36. The number of fused-ring (bicyclic) bond motifs is 1. The highest BCUT2D eigenvalue weighted by Crippen LogP contribution is 2.33. The van der Waals surface area contributed by atoms with E-state index in [4.69, 9.17) is 4.74 Å². The van der Waals surface area contributed by atoms with Crippen molar-refractivity contribution in [1.29, 1.82) is 0 Å². The molecule has 0 spiro atoms. The van der Waals surface area contributed by atoms with Crippen LogP contribution in [-0.4, -0.2) is 25.9 Å². The van der Waals surface area contributed by atoms with Crippen LogP contribution in [0.25, 0.3) is 0 Å². The molecule has 0 bridgehead atoms. The van der Waals surface area contributed by atoms with Crippen LogP contribution in [0.2, 0.25) is 0 Å². The zero-order valence-electron chi connectivity index (χ0n) is 11.3. The summed E-state index contributed by atoms with van der Waals surface area (Å²) in [4.78, 5) is 0. The highest BCUT2D eigenvalue weighted by Gasteiger charge is 2.29. The summed E-state index contributed by atoms with van der Waals surface area (Å²) in [6.45, 7) is 2.57. The molecule has 1 saturated heterocycles. The van der Waals surface area contributed by atoms with Crippen molar-refractivity contribution in [2.24, 2.45) is 5.92 Å². The first kappa shape index (κ1) is 13.1. The zero-order chi connectivity index (χ0) is 13.1. The summed E-state index contributed by atoms with van der Waals surface area (Å²) in [7, 11) is 0. The summed E-state index contributed by atoms with van der Waals surface area (Å²) in [5, 5.41) is 3.29. The second-order valence-corrected chi connectivity index (χ2v) is 5.67. The van der Waals surface area contributed by atoms with Gasteiger partial charge in [-0.3, -0.25) is 0 Å². The predicted octanol–water partition coefficient (Wildman–Crippen LogP) is 3.03. The molecule has 2 aliphatic heterocycles. The Labute approximate surface area is 114 Å². The Balaban J connectivity index is 1.66. The number of ether oxygens (including phenoxy) is 1. The fourth-order valence-electron chi connectivity index (χ4n) is 3.26. The molecule has 3 unspecified atom stereocenters. The fraction of sp³-hybridized carbons (Fsp3) is 0.625. The molecule has 3 heteroatoms. The lowest BCUT2D eigenvalue weighted by molar-refractivity contribution is 0.00920. The van der Waals surface area contributed by atoms with E-state index in [1.54, 1.807) is 0 Å². The average molecular weight is 263 g/mol. The van der Waals surface area contributed by atoms with Crippen molar-refractivity contribution in [1.82, 2.24) is 5.32 Å². The second kappa shape index (κ2) is 6.02. The topological polar surface area (TPSA) is 21.3 Å². The van der Waals surface area contributed by atoms with Crippen molar-refractivity contribution in [2.75, 3.05) is 19.7 Å². The molecule has 1 aromatic carbocycles. The van der Waals surface area contributed by atoms with Crippen LogP contribution in [0.3, 0.4) is 0 Å². The molecule has 1 N–H and O–H groups in total.